The Morgan fingerprint density at radius 2 is 1.88 bits per heavy atom. The Kier molecular flexibility index (Phi) is 5.78. The molecule has 1 unspecified atom stereocenters. The van der Waals surface area contributed by atoms with E-state index in [1.165, 1.54) is 18.6 Å². The van der Waals surface area contributed by atoms with E-state index in [0.29, 0.717) is 6.54 Å². The third kappa shape index (κ3) is 4.34. The molecule has 2 heterocycles. The Hall–Kier alpha value is -2.12. The fourth-order valence-electron chi connectivity index (χ4n) is 3.38. The smallest absolute Gasteiger partial charge is 0.252 e. The van der Waals surface area contributed by atoms with Crippen LogP contribution in [0.5, 0.6) is 0 Å². The molecule has 1 aliphatic rings. The number of carbonyl (C=O) groups is 1. The average molecular weight is 376 g/mol. The molecule has 0 aliphatic carbocycles. The van der Waals surface area contributed by atoms with E-state index in [1.807, 2.05) is 12.1 Å². The number of likely N-dealkylation sites (tertiary alicyclic amines) is 1. The van der Waals surface area contributed by atoms with Crippen LogP contribution in [-0.4, -0.2) is 45.1 Å². The van der Waals surface area contributed by atoms with E-state index in [-0.39, 0.29) is 22.4 Å². The van der Waals surface area contributed by atoms with E-state index in [9.17, 15) is 13.2 Å². The molecule has 1 amide bonds. The van der Waals surface area contributed by atoms with Gasteiger partial charge in [-0.2, -0.15) is 0 Å². The van der Waals surface area contributed by atoms with Gasteiger partial charge in [0.15, 0.2) is 9.84 Å². The summed E-state index contributed by atoms with van der Waals surface area (Å²) < 4.78 is 29.4. The second-order valence-electron chi connectivity index (χ2n) is 6.61. The number of sulfone groups is 1. The second-order valence-corrected chi connectivity index (χ2v) is 8.59. The van der Waals surface area contributed by atoms with Gasteiger partial charge in [-0.25, -0.2) is 8.42 Å². The molecule has 0 radical (unpaired) electrons. The standard InChI is InChI=1S/C19H24N2O4S/c1-26(23,24)18-10-4-3-8-15(18)19(22)20-14-16(17-9-7-13-25-17)21-11-5-2-6-12-21/h3-4,7-10,13,16H,2,5-6,11-12,14H2,1H3,(H,20,22). The van der Waals surface area contributed by atoms with Crippen LogP contribution in [0.15, 0.2) is 52.0 Å². The summed E-state index contributed by atoms with van der Waals surface area (Å²) in [6.45, 7) is 2.28. The number of nitrogens with one attached hydrogen (secondary N) is 1. The van der Waals surface area contributed by atoms with Crippen molar-refractivity contribution >= 4 is 15.7 Å². The van der Waals surface area contributed by atoms with Gasteiger partial charge in [0.25, 0.3) is 5.91 Å². The number of hydrogen-bond donors (Lipinski definition) is 1. The maximum absolute atomic E-state index is 12.6. The Morgan fingerprint density at radius 1 is 1.15 bits per heavy atom. The fourth-order valence-corrected chi connectivity index (χ4v) is 4.27. The molecule has 1 saturated heterocycles. The minimum absolute atomic E-state index is 0.0463. The number of amides is 1. The van der Waals surface area contributed by atoms with Crippen LogP contribution >= 0.6 is 0 Å². The summed E-state index contributed by atoms with van der Waals surface area (Å²) in [5, 5.41) is 2.89. The number of rotatable bonds is 6. The van der Waals surface area contributed by atoms with Crippen molar-refractivity contribution in [1.82, 2.24) is 10.2 Å². The fraction of sp³-hybridized carbons (Fsp3) is 0.421. The summed E-state index contributed by atoms with van der Waals surface area (Å²) in [7, 11) is -3.47. The van der Waals surface area contributed by atoms with Crippen molar-refractivity contribution < 1.29 is 17.6 Å². The summed E-state index contributed by atoms with van der Waals surface area (Å²) in [4.78, 5) is 15.0. The molecule has 1 fully saturated rings. The predicted molar refractivity (Wildman–Crippen MR) is 98.8 cm³/mol. The maximum Gasteiger partial charge on any atom is 0.252 e. The zero-order valence-electron chi connectivity index (χ0n) is 14.8. The molecule has 6 nitrogen and oxygen atoms in total. The first kappa shape index (κ1) is 18.7. The van der Waals surface area contributed by atoms with Gasteiger partial charge in [0.2, 0.25) is 0 Å². The molecule has 26 heavy (non-hydrogen) atoms. The molecule has 140 valence electrons. The first-order chi connectivity index (χ1) is 12.5. The Labute approximate surface area is 154 Å². The van der Waals surface area contributed by atoms with E-state index in [0.717, 1.165) is 37.9 Å². The van der Waals surface area contributed by atoms with E-state index in [1.54, 1.807) is 18.4 Å². The van der Waals surface area contributed by atoms with E-state index in [4.69, 9.17) is 4.42 Å². The molecule has 0 bridgehead atoms. The van der Waals surface area contributed by atoms with E-state index < -0.39 is 9.84 Å². The topological polar surface area (TPSA) is 79.6 Å². The molecule has 1 atom stereocenters. The lowest BCUT2D eigenvalue weighted by Gasteiger charge is -2.33. The van der Waals surface area contributed by atoms with Gasteiger partial charge in [-0.1, -0.05) is 18.6 Å². The monoisotopic (exact) mass is 376 g/mol. The van der Waals surface area contributed by atoms with Crippen LogP contribution in [0.1, 0.15) is 41.4 Å². The van der Waals surface area contributed by atoms with E-state index in [2.05, 4.69) is 10.2 Å². The summed E-state index contributed by atoms with van der Waals surface area (Å²) in [6.07, 6.45) is 6.21. The normalized spacial score (nSPS) is 17.0. The summed E-state index contributed by atoms with van der Waals surface area (Å²) >= 11 is 0. The third-order valence-corrected chi connectivity index (χ3v) is 5.85. The number of benzene rings is 1. The quantitative estimate of drug-likeness (QED) is 0.838. The van der Waals surface area contributed by atoms with Gasteiger partial charge in [0, 0.05) is 12.8 Å². The van der Waals surface area contributed by atoms with Crippen molar-refractivity contribution in [2.45, 2.75) is 30.2 Å². The van der Waals surface area contributed by atoms with Gasteiger partial charge in [0.05, 0.1) is 22.8 Å². The first-order valence-electron chi connectivity index (χ1n) is 8.81. The molecular formula is C19H24N2O4S. The Bertz CT molecular complexity index is 840. The van der Waals surface area contributed by atoms with Gasteiger partial charge < -0.3 is 9.73 Å². The van der Waals surface area contributed by atoms with Crippen molar-refractivity contribution in [2.75, 3.05) is 25.9 Å². The zero-order chi connectivity index (χ0) is 18.6. The van der Waals surface area contributed by atoms with Crippen molar-refractivity contribution in [3.05, 3.63) is 54.0 Å². The van der Waals surface area contributed by atoms with Crippen LogP contribution in [0, 0.1) is 0 Å². The Morgan fingerprint density at radius 3 is 2.54 bits per heavy atom. The molecule has 0 saturated carbocycles. The highest BCUT2D eigenvalue weighted by atomic mass is 32.2. The van der Waals surface area contributed by atoms with E-state index >= 15 is 0 Å². The molecular weight excluding hydrogens is 352 g/mol. The maximum atomic E-state index is 12.6. The molecule has 3 rings (SSSR count). The van der Waals surface area contributed by atoms with Gasteiger partial charge in [-0.05, 0) is 50.2 Å². The molecule has 7 heteroatoms. The predicted octanol–water partition coefficient (Wildman–Crippen LogP) is 2.64. The highest BCUT2D eigenvalue weighted by Crippen LogP contribution is 2.25. The summed E-state index contributed by atoms with van der Waals surface area (Å²) in [5.74, 6) is 0.420. The number of furan rings is 1. The highest BCUT2D eigenvalue weighted by Gasteiger charge is 2.26. The van der Waals surface area contributed by atoms with Gasteiger partial charge in [-0.15, -0.1) is 0 Å². The summed E-state index contributed by atoms with van der Waals surface area (Å²) in [6, 6.07) is 9.97. The SMILES string of the molecule is CS(=O)(=O)c1ccccc1C(=O)NCC(c1ccco1)N1CCCCC1. The minimum atomic E-state index is -3.47. The second kappa shape index (κ2) is 8.05. The van der Waals surface area contributed by atoms with Crippen molar-refractivity contribution in [3.63, 3.8) is 0 Å². The van der Waals surface area contributed by atoms with Crippen LogP contribution in [-0.2, 0) is 9.84 Å². The molecule has 2 aromatic rings. The lowest BCUT2D eigenvalue weighted by Crippen LogP contribution is -2.40. The van der Waals surface area contributed by atoms with Gasteiger partial charge in [0.1, 0.15) is 5.76 Å². The number of hydrogen-bond acceptors (Lipinski definition) is 5. The van der Waals surface area contributed by atoms with Crippen LogP contribution in [0.25, 0.3) is 0 Å². The van der Waals surface area contributed by atoms with Crippen LogP contribution in [0.2, 0.25) is 0 Å². The molecule has 1 N–H and O–H groups in total. The largest absolute Gasteiger partial charge is 0.468 e. The molecule has 0 spiro atoms. The molecule has 1 aromatic heterocycles. The zero-order valence-corrected chi connectivity index (χ0v) is 15.7. The third-order valence-electron chi connectivity index (χ3n) is 4.69. The van der Waals surface area contributed by atoms with Gasteiger partial charge >= 0.3 is 0 Å². The van der Waals surface area contributed by atoms with Gasteiger partial charge in [-0.3, -0.25) is 9.69 Å². The van der Waals surface area contributed by atoms with Crippen molar-refractivity contribution in [1.29, 1.82) is 0 Å². The first-order valence-corrected chi connectivity index (χ1v) is 10.7. The number of nitrogens with zero attached hydrogens (tertiary/aromatic N) is 1. The lowest BCUT2D eigenvalue weighted by atomic mass is 10.1. The van der Waals surface area contributed by atoms with Crippen LogP contribution in [0.4, 0.5) is 0 Å². The van der Waals surface area contributed by atoms with Crippen LogP contribution in [0.3, 0.4) is 0 Å². The molecule has 1 aromatic carbocycles. The number of carbonyl (C=O) groups excluding carboxylic acids is 1. The Balaban J connectivity index is 1.76. The van der Waals surface area contributed by atoms with Crippen LogP contribution < -0.4 is 5.32 Å². The minimum Gasteiger partial charge on any atom is -0.468 e. The number of piperidine rings is 1. The molecule has 1 aliphatic heterocycles. The lowest BCUT2D eigenvalue weighted by molar-refractivity contribution is 0.0911. The van der Waals surface area contributed by atoms with Crippen molar-refractivity contribution in [2.24, 2.45) is 0 Å². The highest BCUT2D eigenvalue weighted by molar-refractivity contribution is 7.90. The average Bonchev–Trinajstić information content (AvgIpc) is 3.16. The summed E-state index contributed by atoms with van der Waals surface area (Å²) in [5.41, 5.74) is 0.173. The van der Waals surface area contributed by atoms with Crippen molar-refractivity contribution in [3.8, 4) is 0 Å².